The summed E-state index contributed by atoms with van der Waals surface area (Å²) in [5.41, 5.74) is 17.1. The lowest BCUT2D eigenvalue weighted by Crippen LogP contribution is -2.64. The van der Waals surface area contributed by atoms with Gasteiger partial charge in [-0.3, -0.25) is 4.90 Å². The molecule has 0 saturated carbocycles. The van der Waals surface area contributed by atoms with Gasteiger partial charge in [0.15, 0.2) is 0 Å². The molecular formula is C39H45BN2. The highest BCUT2D eigenvalue weighted by Gasteiger charge is 2.47. The number of hydrogen-bond donors (Lipinski definition) is 0. The topological polar surface area (TPSA) is 16.1 Å². The summed E-state index contributed by atoms with van der Waals surface area (Å²) < 4.78 is 0. The van der Waals surface area contributed by atoms with E-state index in [0.29, 0.717) is 0 Å². The maximum absolute atomic E-state index is 5.32. The SMILES string of the molecule is CCCCCCc1cnc2c(c1)B1c3cc4c(cc3C(C)(C)c3cc(C)cc(c31)N2c1ccc(CCCC)cc1)CC4. The van der Waals surface area contributed by atoms with Crippen LogP contribution in [-0.2, 0) is 31.1 Å². The molecule has 0 spiro atoms. The lowest BCUT2D eigenvalue weighted by atomic mass is 9.30. The highest BCUT2D eigenvalue weighted by atomic mass is 15.2. The number of rotatable bonds is 9. The Morgan fingerprint density at radius 2 is 1.50 bits per heavy atom. The van der Waals surface area contributed by atoms with Crippen molar-refractivity contribution in [2.75, 3.05) is 4.90 Å². The Kier molecular flexibility index (Phi) is 7.04. The minimum absolute atomic E-state index is 0.0507. The van der Waals surface area contributed by atoms with Crippen molar-refractivity contribution >= 4 is 40.3 Å². The third-order valence-electron chi connectivity index (χ3n) is 10.3. The molecule has 2 nitrogen and oxygen atoms in total. The summed E-state index contributed by atoms with van der Waals surface area (Å²) in [5, 5.41) is 0. The Labute approximate surface area is 253 Å². The molecular weight excluding hydrogens is 507 g/mol. The van der Waals surface area contributed by atoms with Gasteiger partial charge in [-0.1, -0.05) is 95.2 Å². The third-order valence-corrected chi connectivity index (χ3v) is 10.3. The van der Waals surface area contributed by atoms with Gasteiger partial charge in [0.2, 0.25) is 6.71 Å². The first kappa shape index (κ1) is 27.5. The minimum Gasteiger partial charge on any atom is -0.296 e. The van der Waals surface area contributed by atoms with E-state index in [2.05, 4.69) is 100 Å². The quantitative estimate of drug-likeness (QED) is 0.137. The number of pyridine rings is 1. The molecule has 0 amide bonds. The zero-order valence-electron chi connectivity index (χ0n) is 26.3. The number of aromatic nitrogens is 1. The van der Waals surface area contributed by atoms with Crippen molar-refractivity contribution in [2.24, 2.45) is 0 Å². The molecule has 7 rings (SSSR count). The molecule has 0 unspecified atom stereocenters. The van der Waals surface area contributed by atoms with Crippen molar-refractivity contribution in [3.8, 4) is 0 Å². The molecule has 1 aliphatic carbocycles. The van der Waals surface area contributed by atoms with E-state index in [0.717, 1.165) is 18.7 Å². The fourth-order valence-corrected chi connectivity index (χ4v) is 7.83. The summed E-state index contributed by atoms with van der Waals surface area (Å²) in [6.07, 6.45) is 14.4. The number of fused-ring (bicyclic) bond motifs is 5. The molecule has 1 aromatic heterocycles. The number of unbranched alkanes of at least 4 members (excludes halogenated alkanes) is 4. The normalized spacial score (nSPS) is 15.5. The van der Waals surface area contributed by atoms with Crippen LogP contribution < -0.4 is 21.3 Å². The summed E-state index contributed by atoms with van der Waals surface area (Å²) >= 11 is 0. The standard InChI is InChI=1S/C39H45BN2/c1-6-8-10-11-13-28-22-35-38(41-25-28)42(31-18-14-27(15-19-31)12-9-7-2)36-21-26(3)20-33-37(36)40(35)34-24-30-17-16-29(30)23-32(34)39(33,4)5/h14-15,18-25H,6-13,16-17H2,1-5H3. The van der Waals surface area contributed by atoms with Gasteiger partial charge in [0.05, 0.1) is 0 Å². The molecule has 0 N–H and O–H groups in total. The van der Waals surface area contributed by atoms with Crippen LogP contribution in [-0.4, -0.2) is 11.7 Å². The lowest BCUT2D eigenvalue weighted by molar-refractivity contribution is 0.640. The molecule has 214 valence electrons. The Hall–Kier alpha value is -3.33. The van der Waals surface area contributed by atoms with Crippen molar-refractivity contribution in [1.82, 2.24) is 4.98 Å². The Bertz CT molecular complexity index is 1650. The van der Waals surface area contributed by atoms with Gasteiger partial charge < -0.3 is 0 Å². The van der Waals surface area contributed by atoms with Crippen molar-refractivity contribution in [1.29, 1.82) is 0 Å². The predicted molar refractivity (Wildman–Crippen MR) is 181 cm³/mol. The molecule has 0 atom stereocenters. The van der Waals surface area contributed by atoms with Crippen LogP contribution in [0, 0.1) is 6.92 Å². The van der Waals surface area contributed by atoms with Crippen LogP contribution in [0.25, 0.3) is 0 Å². The summed E-state index contributed by atoms with van der Waals surface area (Å²) in [6, 6.07) is 21.9. The van der Waals surface area contributed by atoms with E-state index in [-0.39, 0.29) is 12.1 Å². The van der Waals surface area contributed by atoms with Gasteiger partial charge in [-0.05, 0) is 114 Å². The van der Waals surface area contributed by atoms with Crippen LogP contribution in [0.3, 0.4) is 0 Å². The molecule has 0 bridgehead atoms. The first-order valence-electron chi connectivity index (χ1n) is 16.6. The zero-order chi connectivity index (χ0) is 29.0. The average molecular weight is 553 g/mol. The van der Waals surface area contributed by atoms with Crippen LogP contribution in [0.1, 0.15) is 105 Å². The van der Waals surface area contributed by atoms with Crippen molar-refractivity contribution in [2.45, 2.75) is 104 Å². The van der Waals surface area contributed by atoms with Crippen LogP contribution >= 0.6 is 0 Å². The third kappa shape index (κ3) is 4.43. The number of anilines is 3. The fraction of sp³-hybridized carbons (Fsp3) is 0.410. The maximum atomic E-state index is 5.32. The van der Waals surface area contributed by atoms with E-state index in [4.69, 9.17) is 4.98 Å². The monoisotopic (exact) mass is 552 g/mol. The Morgan fingerprint density at radius 3 is 2.24 bits per heavy atom. The number of nitrogens with zero attached hydrogens (tertiary/aromatic N) is 2. The summed E-state index contributed by atoms with van der Waals surface area (Å²) in [5.74, 6) is 1.11. The summed E-state index contributed by atoms with van der Waals surface area (Å²) in [7, 11) is 0. The van der Waals surface area contributed by atoms with Gasteiger partial charge >= 0.3 is 0 Å². The van der Waals surface area contributed by atoms with Crippen molar-refractivity contribution < 1.29 is 0 Å². The van der Waals surface area contributed by atoms with Gasteiger partial charge in [0.1, 0.15) is 5.82 Å². The highest BCUT2D eigenvalue weighted by molar-refractivity contribution is 6.99. The van der Waals surface area contributed by atoms with E-state index in [1.165, 1.54) is 107 Å². The van der Waals surface area contributed by atoms with E-state index < -0.39 is 0 Å². The lowest BCUT2D eigenvalue weighted by Gasteiger charge is -2.46. The summed E-state index contributed by atoms with van der Waals surface area (Å²) in [4.78, 5) is 7.79. The van der Waals surface area contributed by atoms with E-state index in [1.807, 2.05) is 0 Å². The van der Waals surface area contributed by atoms with E-state index in [9.17, 15) is 0 Å². The Balaban J connectivity index is 1.44. The van der Waals surface area contributed by atoms with Crippen LogP contribution in [0.2, 0.25) is 0 Å². The maximum Gasteiger partial charge on any atom is 0.249 e. The molecule has 2 aliphatic heterocycles. The number of benzene rings is 3. The first-order chi connectivity index (χ1) is 20.4. The van der Waals surface area contributed by atoms with E-state index in [1.54, 1.807) is 11.1 Å². The molecule has 42 heavy (non-hydrogen) atoms. The molecule has 3 heterocycles. The fourth-order valence-electron chi connectivity index (χ4n) is 7.83. The largest absolute Gasteiger partial charge is 0.296 e. The second-order valence-electron chi connectivity index (χ2n) is 13.7. The minimum atomic E-state index is -0.0507. The summed E-state index contributed by atoms with van der Waals surface area (Å²) in [6.45, 7) is 12.0. The molecule has 3 aliphatic rings. The van der Waals surface area contributed by atoms with E-state index >= 15 is 0 Å². The predicted octanol–water partition coefficient (Wildman–Crippen LogP) is 7.89. The van der Waals surface area contributed by atoms with Crippen LogP contribution in [0.15, 0.2) is 60.8 Å². The number of hydrogen-bond acceptors (Lipinski definition) is 2. The highest BCUT2D eigenvalue weighted by Crippen LogP contribution is 2.43. The van der Waals surface area contributed by atoms with Gasteiger partial charge in [-0.15, -0.1) is 0 Å². The van der Waals surface area contributed by atoms with Gasteiger partial charge in [0.25, 0.3) is 0 Å². The number of aryl methyl sites for hydroxylation is 5. The smallest absolute Gasteiger partial charge is 0.249 e. The molecule has 0 fully saturated rings. The second-order valence-corrected chi connectivity index (χ2v) is 13.7. The van der Waals surface area contributed by atoms with Gasteiger partial charge in [-0.25, -0.2) is 4.98 Å². The van der Waals surface area contributed by atoms with Crippen molar-refractivity contribution in [3.63, 3.8) is 0 Å². The molecule has 0 saturated heterocycles. The van der Waals surface area contributed by atoms with Crippen LogP contribution in [0.4, 0.5) is 17.2 Å². The average Bonchev–Trinajstić information content (AvgIpc) is 2.97. The first-order valence-corrected chi connectivity index (χ1v) is 16.6. The molecule has 3 aromatic carbocycles. The van der Waals surface area contributed by atoms with Gasteiger partial charge in [0, 0.05) is 23.0 Å². The molecule has 3 heteroatoms. The van der Waals surface area contributed by atoms with Crippen LogP contribution in [0.5, 0.6) is 0 Å². The van der Waals surface area contributed by atoms with Gasteiger partial charge in [-0.2, -0.15) is 0 Å². The zero-order valence-corrected chi connectivity index (χ0v) is 26.3. The second kappa shape index (κ2) is 10.7. The molecule has 0 radical (unpaired) electrons. The van der Waals surface area contributed by atoms with Crippen molar-refractivity contribution in [3.05, 3.63) is 99.7 Å². The molecule has 4 aromatic rings. The Morgan fingerprint density at radius 1 is 0.762 bits per heavy atom.